The summed E-state index contributed by atoms with van der Waals surface area (Å²) < 4.78 is 0. The van der Waals surface area contributed by atoms with Crippen molar-refractivity contribution in [2.75, 3.05) is 36.4 Å². The van der Waals surface area contributed by atoms with E-state index in [1.54, 1.807) is 6.07 Å². The molecule has 1 aliphatic heterocycles. The molecule has 0 aromatic heterocycles. The van der Waals surface area contributed by atoms with Gasteiger partial charge in [-0.05, 0) is 17.7 Å². The molecule has 1 saturated heterocycles. The van der Waals surface area contributed by atoms with E-state index in [1.807, 2.05) is 42.5 Å². The Morgan fingerprint density at radius 3 is 2.50 bits per heavy atom. The zero-order valence-corrected chi connectivity index (χ0v) is 14.1. The standard InChI is InChI=1S/C17H20N4O2.ClH/c22-21(23)17-7-6-15(20-10-8-18-9-11-20)12-16(17)19-13-14-4-2-1-3-5-14;/h1-7,12,18-19H,8-11,13H2;1H. The molecule has 7 heteroatoms. The summed E-state index contributed by atoms with van der Waals surface area (Å²) in [6.07, 6.45) is 0. The van der Waals surface area contributed by atoms with Gasteiger partial charge in [0.05, 0.1) is 4.92 Å². The van der Waals surface area contributed by atoms with Crippen LogP contribution in [0.15, 0.2) is 48.5 Å². The molecular formula is C17H21ClN4O2. The number of nitro groups is 1. The summed E-state index contributed by atoms with van der Waals surface area (Å²) in [7, 11) is 0. The second kappa shape index (κ2) is 8.52. The molecule has 3 rings (SSSR count). The van der Waals surface area contributed by atoms with Crippen molar-refractivity contribution >= 4 is 29.5 Å². The average Bonchev–Trinajstić information content (AvgIpc) is 2.61. The summed E-state index contributed by atoms with van der Waals surface area (Å²) in [6, 6.07) is 15.2. The van der Waals surface area contributed by atoms with E-state index in [9.17, 15) is 10.1 Å². The van der Waals surface area contributed by atoms with Gasteiger partial charge in [0, 0.05) is 44.5 Å². The minimum absolute atomic E-state index is 0. The van der Waals surface area contributed by atoms with Crippen LogP contribution < -0.4 is 15.5 Å². The minimum Gasteiger partial charge on any atom is -0.375 e. The molecule has 0 radical (unpaired) electrons. The van der Waals surface area contributed by atoms with Crippen molar-refractivity contribution < 1.29 is 4.92 Å². The van der Waals surface area contributed by atoms with E-state index in [0.29, 0.717) is 12.2 Å². The Balaban J connectivity index is 0.00000208. The zero-order valence-electron chi connectivity index (χ0n) is 13.3. The zero-order chi connectivity index (χ0) is 16.1. The molecule has 128 valence electrons. The highest BCUT2D eigenvalue weighted by Gasteiger charge is 2.17. The number of hydrogen-bond acceptors (Lipinski definition) is 5. The third-order valence-corrected chi connectivity index (χ3v) is 3.98. The van der Waals surface area contributed by atoms with E-state index < -0.39 is 0 Å². The molecule has 0 amide bonds. The van der Waals surface area contributed by atoms with E-state index in [2.05, 4.69) is 15.5 Å². The van der Waals surface area contributed by atoms with Gasteiger partial charge < -0.3 is 15.5 Å². The van der Waals surface area contributed by atoms with Crippen LogP contribution in [0.5, 0.6) is 0 Å². The lowest BCUT2D eigenvalue weighted by atomic mass is 10.2. The van der Waals surface area contributed by atoms with Gasteiger partial charge in [-0.2, -0.15) is 0 Å². The maximum absolute atomic E-state index is 11.3. The van der Waals surface area contributed by atoms with Gasteiger partial charge in [-0.25, -0.2) is 0 Å². The molecule has 2 aromatic rings. The number of anilines is 2. The number of halogens is 1. The van der Waals surface area contributed by atoms with E-state index >= 15 is 0 Å². The quantitative estimate of drug-likeness (QED) is 0.642. The van der Waals surface area contributed by atoms with Gasteiger partial charge in [0.2, 0.25) is 0 Å². The predicted molar refractivity (Wildman–Crippen MR) is 99.2 cm³/mol. The van der Waals surface area contributed by atoms with Crippen molar-refractivity contribution in [1.82, 2.24) is 5.32 Å². The molecule has 6 nitrogen and oxygen atoms in total. The highest BCUT2D eigenvalue weighted by Crippen LogP contribution is 2.30. The monoisotopic (exact) mass is 348 g/mol. The largest absolute Gasteiger partial charge is 0.375 e. The second-order valence-corrected chi connectivity index (χ2v) is 5.53. The number of nitro benzene ring substituents is 1. The first-order chi connectivity index (χ1) is 11.2. The molecule has 2 aromatic carbocycles. The van der Waals surface area contributed by atoms with Crippen molar-refractivity contribution in [2.45, 2.75) is 6.54 Å². The number of piperazine rings is 1. The van der Waals surface area contributed by atoms with Crippen LogP contribution >= 0.6 is 12.4 Å². The first-order valence-corrected chi connectivity index (χ1v) is 7.76. The number of nitrogens with zero attached hydrogens (tertiary/aromatic N) is 2. The SMILES string of the molecule is Cl.O=[N+]([O-])c1ccc(N2CCNCC2)cc1NCc1ccccc1. The summed E-state index contributed by atoms with van der Waals surface area (Å²) in [4.78, 5) is 13.2. The van der Waals surface area contributed by atoms with Crippen molar-refractivity contribution in [3.05, 3.63) is 64.2 Å². The first-order valence-electron chi connectivity index (χ1n) is 7.76. The summed E-state index contributed by atoms with van der Waals surface area (Å²) in [5.41, 5.74) is 2.79. The van der Waals surface area contributed by atoms with Crippen LogP contribution in [0.1, 0.15) is 5.56 Å². The topological polar surface area (TPSA) is 70.4 Å². The lowest BCUT2D eigenvalue weighted by Gasteiger charge is -2.29. The molecule has 1 heterocycles. The van der Waals surface area contributed by atoms with Crippen LogP contribution in [0.3, 0.4) is 0 Å². The van der Waals surface area contributed by atoms with Gasteiger partial charge >= 0.3 is 0 Å². The Bertz CT molecular complexity index is 676. The van der Waals surface area contributed by atoms with Crippen LogP contribution in [0, 0.1) is 10.1 Å². The van der Waals surface area contributed by atoms with Crippen molar-refractivity contribution in [3.8, 4) is 0 Å². The molecule has 0 unspecified atom stereocenters. The Morgan fingerprint density at radius 2 is 1.83 bits per heavy atom. The fraction of sp³-hybridized carbons (Fsp3) is 0.294. The molecule has 24 heavy (non-hydrogen) atoms. The first kappa shape index (κ1) is 18.0. The maximum Gasteiger partial charge on any atom is 0.292 e. The van der Waals surface area contributed by atoms with Crippen LogP contribution in [0.4, 0.5) is 17.1 Å². The molecule has 0 atom stereocenters. The van der Waals surface area contributed by atoms with Gasteiger partial charge in [-0.15, -0.1) is 12.4 Å². The lowest BCUT2D eigenvalue weighted by Crippen LogP contribution is -2.43. The fourth-order valence-electron chi connectivity index (χ4n) is 2.74. The molecule has 0 saturated carbocycles. The molecule has 1 aliphatic rings. The van der Waals surface area contributed by atoms with E-state index in [1.165, 1.54) is 0 Å². The lowest BCUT2D eigenvalue weighted by molar-refractivity contribution is -0.384. The van der Waals surface area contributed by atoms with E-state index in [4.69, 9.17) is 0 Å². The van der Waals surface area contributed by atoms with Crippen molar-refractivity contribution in [2.24, 2.45) is 0 Å². The third kappa shape index (κ3) is 4.37. The molecule has 2 N–H and O–H groups in total. The van der Waals surface area contributed by atoms with E-state index in [-0.39, 0.29) is 23.0 Å². The molecule has 0 bridgehead atoms. The highest BCUT2D eigenvalue weighted by molar-refractivity contribution is 5.85. The second-order valence-electron chi connectivity index (χ2n) is 5.53. The number of benzene rings is 2. The van der Waals surface area contributed by atoms with Crippen LogP contribution in [0.2, 0.25) is 0 Å². The third-order valence-electron chi connectivity index (χ3n) is 3.98. The maximum atomic E-state index is 11.3. The predicted octanol–water partition coefficient (Wildman–Crippen LogP) is 3.04. The van der Waals surface area contributed by atoms with E-state index in [0.717, 1.165) is 37.4 Å². The molecule has 1 fully saturated rings. The van der Waals surface area contributed by atoms with Crippen molar-refractivity contribution in [1.29, 1.82) is 0 Å². The molecule has 0 spiro atoms. The summed E-state index contributed by atoms with van der Waals surface area (Å²) in [5, 5.41) is 17.8. The smallest absolute Gasteiger partial charge is 0.292 e. The summed E-state index contributed by atoms with van der Waals surface area (Å²) in [6.45, 7) is 4.26. The molecular weight excluding hydrogens is 328 g/mol. The van der Waals surface area contributed by atoms with Gasteiger partial charge in [0.1, 0.15) is 5.69 Å². The average molecular weight is 349 g/mol. The fourth-order valence-corrected chi connectivity index (χ4v) is 2.74. The Labute approximate surface area is 147 Å². The van der Waals surface area contributed by atoms with Gasteiger partial charge in [-0.1, -0.05) is 30.3 Å². The van der Waals surface area contributed by atoms with Gasteiger partial charge in [0.15, 0.2) is 0 Å². The number of rotatable bonds is 5. The summed E-state index contributed by atoms with van der Waals surface area (Å²) in [5.74, 6) is 0. The summed E-state index contributed by atoms with van der Waals surface area (Å²) >= 11 is 0. The normalized spacial score (nSPS) is 13.9. The van der Waals surface area contributed by atoms with Crippen LogP contribution in [0.25, 0.3) is 0 Å². The Morgan fingerprint density at radius 1 is 1.12 bits per heavy atom. The van der Waals surface area contributed by atoms with Crippen molar-refractivity contribution in [3.63, 3.8) is 0 Å². The van der Waals surface area contributed by atoms with Crippen LogP contribution in [-0.4, -0.2) is 31.1 Å². The Hall–Kier alpha value is -2.31. The minimum atomic E-state index is -0.338. The van der Waals surface area contributed by atoms with Gasteiger partial charge in [0.25, 0.3) is 5.69 Å². The highest BCUT2D eigenvalue weighted by atomic mass is 35.5. The number of hydrogen-bond donors (Lipinski definition) is 2. The number of nitrogens with one attached hydrogen (secondary N) is 2. The molecule has 0 aliphatic carbocycles. The van der Waals surface area contributed by atoms with Gasteiger partial charge in [-0.3, -0.25) is 10.1 Å². The van der Waals surface area contributed by atoms with Crippen LogP contribution in [-0.2, 0) is 6.54 Å². The Kier molecular flexibility index (Phi) is 6.40.